The van der Waals surface area contributed by atoms with E-state index in [2.05, 4.69) is 10.2 Å². The van der Waals surface area contributed by atoms with Gasteiger partial charge in [0, 0.05) is 23.9 Å². The highest BCUT2D eigenvalue weighted by atomic mass is 16.6. The molecule has 5 heteroatoms. The summed E-state index contributed by atoms with van der Waals surface area (Å²) in [6.45, 7) is 2.59. The Kier molecular flexibility index (Phi) is 2.93. The monoisotopic (exact) mass is 319 g/mol. The number of aryl methyl sites for hydroxylation is 1. The first-order chi connectivity index (χ1) is 12.3. The molecule has 23 heavy (non-hydrogen) atoms. The van der Waals surface area contributed by atoms with Gasteiger partial charge in [0.15, 0.2) is 0 Å². The highest BCUT2D eigenvalue weighted by Gasteiger charge is 2.28. The third kappa shape index (κ3) is 3.49. The van der Waals surface area contributed by atoms with Crippen LogP contribution in [0.2, 0.25) is 0 Å². The number of nitrogens with zero attached hydrogens (tertiary/aromatic N) is 2. The number of piperidine rings is 1. The fraction of sp³-hybridized carbons (Fsp3) is 0.556. The smallest absolute Gasteiger partial charge is 0.410 e. The minimum Gasteiger partial charge on any atom is -0.444 e. The quantitative estimate of drug-likeness (QED) is 0.864. The summed E-state index contributed by atoms with van der Waals surface area (Å²) in [7, 11) is 0. The molecule has 0 atom stereocenters. The standard InChI is InChI=1S/C18H25N3O2/c1-12-9-14-11-19-20-16(14)10-15(12)13-5-7-21(8-6-13)17(22)23-18(2,3)4/h9-11,13H,5-8H2,1-4H3,(H,19,20)/i7D2,8D2. The molecule has 0 radical (unpaired) electrons. The van der Waals surface area contributed by atoms with Crippen LogP contribution in [-0.2, 0) is 4.74 Å². The molecular formula is C18H25N3O2. The lowest BCUT2D eigenvalue weighted by Gasteiger charge is -2.34. The van der Waals surface area contributed by atoms with E-state index in [1.54, 1.807) is 27.0 Å². The number of likely N-dealkylation sites (tertiary alicyclic amines) is 1. The normalized spacial score (nSPS) is 23.7. The number of amides is 1. The maximum absolute atomic E-state index is 12.5. The minimum atomic E-state index is -2.18. The third-order valence-corrected chi connectivity index (χ3v) is 3.83. The molecule has 124 valence electrons. The Morgan fingerprint density at radius 2 is 2.09 bits per heavy atom. The zero-order chi connectivity index (χ0) is 20.2. The van der Waals surface area contributed by atoms with Gasteiger partial charge in [-0.15, -0.1) is 0 Å². The van der Waals surface area contributed by atoms with Crippen LogP contribution in [-0.4, -0.2) is 39.8 Å². The molecular weight excluding hydrogens is 290 g/mol. The van der Waals surface area contributed by atoms with E-state index in [0.29, 0.717) is 4.90 Å². The summed E-state index contributed by atoms with van der Waals surface area (Å²) in [5.74, 6) is -0.374. The van der Waals surface area contributed by atoms with E-state index in [1.165, 1.54) is 0 Å². The van der Waals surface area contributed by atoms with E-state index < -0.39 is 24.7 Å². The van der Waals surface area contributed by atoms with Crippen molar-refractivity contribution in [2.45, 2.75) is 52.1 Å². The van der Waals surface area contributed by atoms with Crippen LogP contribution >= 0.6 is 0 Å². The molecule has 2 aromatic rings. The summed E-state index contributed by atoms with van der Waals surface area (Å²) in [5.41, 5.74) is 1.81. The fourth-order valence-electron chi connectivity index (χ4n) is 2.75. The van der Waals surface area contributed by atoms with Gasteiger partial charge in [0.25, 0.3) is 0 Å². The van der Waals surface area contributed by atoms with Gasteiger partial charge < -0.3 is 9.64 Å². The van der Waals surface area contributed by atoms with Crippen LogP contribution in [0.1, 0.15) is 56.1 Å². The van der Waals surface area contributed by atoms with E-state index >= 15 is 0 Å². The van der Waals surface area contributed by atoms with Crippen molar-refractivity contribution in [2.24, 2.45) is 0 Å². The average Bonchev–Trinajstić information content (AvgIpc) is 2.88. The van der Waals surface area contributed by atoms with E-state index in [-0.39, 0.29) is 18.8 Å². The summed E-state index contributed by atoms with van der Waals surface area (Å²) in [6.07, 6.45) is 0.727. The molecule has 0 unspecified atom stereocenters. The number of nitrogens with one attached hydrogen (secondary N) is 1. The largest absolute Gasteiger partial charge is 0.444 e. The van der Waals surface area contributed by atoms with E-state index in [4.69, 9.17) is 10.2 Å². The number of aromatic amines is 1. The molecule has 5 nitrogen and oxygen atoms in total. The Bertz CT molecular complexity index is 855. The van der Waals surface area contributed by atoms with Gasteiger partial charge in [0.2, 0.25) is 0 Å². The molecule has 1 aromatic heterocycles. The Morgan fingerprint density at radius 1 is 1.39 bits per heavy atom. The minimum absolute atomic E-state index is 0.00770. The summed E-state index contributed by atoms with van der Waals surface area (Å²) in [4.78, 5) is 13.1. The summed E-state index contributed by atoms with van der Waals surface area (Å²) >= 11 is 0. The van der Waals surface area contributed by atoms with Crippen molar-refractivity contribution in [1.82, 2.24) is 15.1 Å². The number of ether oxygens (including phenoxy) is 1. The molecule has 2 heterocycles. The number of rotatable bonds is 1. The van der Waals surface area contributed by atoms with Crippen LogP contribution in [0.15, 0.2) is 18.3 Å². The first kappa shape index (κ1) is 11.5. The Hall–Kier alpha value is -2.04. The highest BCUT2D eigenvalue weighted by molar-refractivity contribution is 5.79. The topological polar surface area (TPSA) is 58.2 Å². The number of benzene rings is 1. The average molecular weight is 319 g/mol. The molecule has 1 aliphatic heterocycles. The lowest BCUT2D eigenvalue weighted by atomic mass is 9.86. The summed E-state index contributed by atoms with van der Waals surface area (Å²) in [6, 6.07) is 3.86. The van der Waals surface area contributed by atoms with Gasteiger partial charge >= 0.3 is 6.09 Å². The SMILES string of the molecule is [2H]C1([2H])CC(c2cc3[nH]ncc3cc2C)CC([2H])([2H])N1C(=O)OC(C)(C)C. The highest BCUT2D eigenvalue weighted by Crippen LogP contribution is 2.32. The van der Waals surface area contributed by atoms with Gasteiger partial charge in [-0.1, -0.05) is 0 Å². The number of carbonyl (C=O) groups is 1. The van der Waals surface area contributed by atoms with Gasteiger partial charge in [0.1, 0.15) is 5.60 Å². The van der Waals surface area contributed by atoms with Crippen LogP contribution in [0.3, 0.4) is 0 Å². The lowest BCUT2D eigenvalue weighted by Crippen LogP contribution is -2.41. The molecule has 0 bridgehead atoms. The van der Waals surface area contributed by atoms with Crippen LogP contribution in [0.25, 0.3) is 10.9 Å². The van der Waals surface area contributed by atoms with Crippen molar-refractivity contribution in [3.63, 3.8) is 0 Å². The van der Waals surface area contributed by atoms with Gasteiger partial charge in [-0.25, -0.2) is 4.79 Å². The molecule has 3 rings (SSSR count). The molecule has 0 saturated carbocycles. The first-order valence-corrected chi connectivity index (χ1v) is 7.77. The zero-order valence-electron chi connectivity index (χ0n) is 17.9. The maximum Gasteiger partial charge on any atom is 0.410 e. The van der Waals surface area contributed by atoms with E-state index in [0.717, 1.165) is 22.0 Å². The summed E-state index contributed by atoms with van der Waals surface area (Å²) in [5, 5.41) is 7.86. The van der Waals surface area contributed by atoms with Crippen LogP contribution < -0.4 is 0 Å². The molecule has 1 aromatic carbocycles. The van der Waals surface area contributed by atoms with Gasteiger partial charge in [-0.05, 0) is 69.7 Å². The van der Waals surface area contributed by atoms with Crippen molar-refractivity contribution >= 4 is 17.0 Å². The maximum atomic E-state index is 12.5. The second-order valence-electron chi connectivity index (χ2n) is 6.90. The van der Waals surface area contributed by atoms with Crippen LogP contribution in [0, 0.1) is 6.92 Å². The number of hydrogen-bond donors (Lipinski definition) is 1. The third-order valence-electron chi connectivity index (χ3n) is 3.83. The second kappa shape index (κ2) is 5.87. The number of fused-ring (bicyclic) bond motifs is 1. The molecule has 1 N–H and O–H groups in total. The lowest BCUT2D eigenvalue weighted by molar-refractivity contribution is 0.0205. The van der Waals surface area contributed by atoms with Crippen molar-refractivity contribution in [3.05, 3.63) is 29.5 Å². The fourth-order valence-corrected chi connectivity index (χ4v) is 2.75. The van der Waals surface area contributed by atoms with Gasteiger partial charge in [-0.3, -0.25) is 5.10 Å². The molecule has 0 spiro atoms. The van der Waals surface area contributed by atoms with Crippen molar-refractivity contribution in [3.8, 4) is 0 Å². The molecule has 0 aliphatic carbocycles. The molecule has 1 fully saturated rings. The predicted molar refractivity (Wildman–Crippen MR) is 90.6 cm³/mol. The van der Waals surface area contributed by atoms with Gasteiger partial charge in [-0.2, -0.15) is 5.10 Å². The zero-order valence-corrected chi connectivity index (χ0v) is 13.9. The van der Waals surface area contributed by atoms with Gasteiger partial charge in [0.05, 0.1) is 11.7 Å². The number of H-pyrrole nitrogens is 1. The summed E-state index contributed by atoms with van der Waals surface area (Å²) < 4.78 is 38.8. The number of carbonyl (C=O) groups excluding carboxylic acids is 1. The van der Waals surface area contributed by atoms with Crippen molar-refractivity contribution < 1.29 is 15.0 Å². The van der Waals surface area contributed by atoms with E-state index in [1.807, 2.05) is 19.1 Å². The van der Waals surface area contributed by atoms with Crippen molar-refractivity contribution in [1.29, 1.82) is 0 Å². The number of aromatic nitrogens is 2. The predicted octanol–water partition coefficient (Wildman–Crippen LogP) is 3.99. The number of hydrogen-bond acceptors (Lipinski definition) is 3. The Balaban J connectivity index is 1.95. The Morgan fingerprint density at radius 3 is 2.74 bits per heavy atom. The van der Waals surface area contributed by atoms with Crippen molar-refractivity contribution in [2.75, 3.05) is 13.0 Å². The molecule has 1 amide bonds. The Labute approximate surface area is 142 Å². The second-order valence-corrected chi connectivity index (χ2v) is 6.90. The molecule has 1 aliphatic rings. The van der Waals surface area contributed by atoms with Crippen LogP contribution in [0.5, 0.6) is 0 Å². The van der Waals surface area contributed by atoms with Crippen LogP contribution in [0.4, 0.5) is 4.79 Å². The van der Waals surface area contributed by atoms with E-state index in [9.17, 15) is 4.79 Å². The molecule has 1 saturated heterocycles. The first-order valence-electron chi connectivity index (χ1n) is 9.77.